The minimum absolute atomic E-state index is 0. The van der Waals surface area contributed by atoms with Crippen molar-refractivity contribution in [3.05, 3.63) is 75.6 Å². The Morgan fingerprint density at radius 2 is 1.73 bits per heavy atom. The van der Waals surface area contributed by atoms with Crippen molar-refractivity contribution in [3.8, 4) is 5.75 Å². The van der Waals surface area contributed by atoms with Gasteiger partial charge < -0.3 is 31.9 Å². The zero-order valence-corrected chi connectivity index (χ0v) is 17.4. The number of carbonyl (C=O) groups is 1. The molecule has 1 aromatic heterocycles. The number of para-hydroxylation sites is 1. The van der Waals surface area contributed by atoms with Crippen LogP contribution in [-0.2, 0) is 19.5 Å². The van der Waals surface area contributed by atoms with Gasteiger partial charge >= 0.3 is 0 Å². The van der Waals surface area contributed by atoms with Crippen LogP contribution < -0.4 is 22.9 Å². The lowest BCUT2D eigenvalue weighted by Crippen LogP contribution is -3.13. The fraction of sp³-hybridized carbons (Fsp3) is 0.304. The molecule has 0 aliphatic carbocycles. The molecule has 156 valence electrons. The third-order valence-corrected chi connectivity index (χ3v) is 6.21. The molecule has 0 atom stereocenters. The molecule has 2 aromatic carbocycles. The minimum atomic E-state index is -0.371. The lowest BCUT2D eigenvalue weighted by Gasteiger charge is -2.32. The number of nitrogens with one attached hydrogen (secondary N) is 1. The number of rotatable bonds is 3. The van der Waals surface area contributed by atoms with Crippen LogP contribution in [0.15, 0.2) is 53.3 Å². The Balaban J connectivity index is 0.00000218. The number of piperazine rings is 1. The number of aromatic nitrogens is 1. The molecule has 3 aromatic rings. The molecule has 0 spiro atoms. The molecule has 5 rings (SSSR count). The van der Waals surface area contributed by atoms with Gasteiger partial charge in [-0.05, 0) is 18.1 Å². The maximum absolute atomic E-state index is 13.2. The summed E-state index contributed by atoms with van der Waals surface area (Å²) in [6, 6.07) is 16.0. The number of halogens is 1. The molecule has 3 heterocycles. The van der Waals surface area contributed by atoms with Gasteiger partial charge in [-0.2, -0.15) is 0 Å². The average Bonchev–Trinajstić information content (AvgIpc) is 3.19. The number of pyridine rings is 1. The third-order valence-electron chi connectivity index (χ3n) is 6.21. The van der Waals surface area contributed by atoms with Crippen molar-refractivity contribution >= 4 is 16.8 Å². The fourth-order valence-electron chi connectivity index (χ4n) is 4.66. The summed E-state index contributed by atoms with van der Waals surface area (Å²) in [7, 11) is 0. The van der Waals surface area contributed by atoms with E-state index >= 15 is 0 Å². The summed E-state index contributed by atoms with van der Waals surface area (Å²) in [5.74, 6) is -0.525. The highest BCUT2D eigenvalue weighted by Crippen LogP contribution is 2.32. The van der Waals surface area contributed by atoms with Gasteiger partial charge in [-0.15, -0.1) is 0 Å². The second kappa shape index (κ2) is 8.13. The number of amides is 1. The summed E-state index contributed by atoms with van der Waals surface area (Å²) in [6.45, 7) is 4.31. The highest BCUT2D eigenvalue weighted by Gasteiger charge is 2.31. The number of hydrogen-bond acceptors (Lipinski definition) is 3. The maximum atomic E-state index is 13.2. The first-order valence-electron chi connectivity index (χ1n) is 10.2. The molecule has 0 bridgehead atoms. The van der Waals surface area contributed by atoms with Crippen molar-refractivity contribution in [2.45, 2.75) is 19.5 Å². The highest BCUT2D eigenvalue weighted by molar-refractivity contribution is 6.03. The molecule has 30 heavy (non-hydrogen) atoms. The Morgan fingerprint density at radius 1 is 1.00 bits per heavy atom. The maximum Gasteiger partial charge on any atom is 0.267 e. The highest BCUT2D eigenvalue weighted by atomic mass is 35.5. The Kier molecular flexibility index (Phi) is 5.54. The average molecular weight is 426 g/mol. The van der Waals surface area contributed by atoms with Crippen molar-refractivity contribution in [3.63, 3.8) is 0 Å². The topological polar surface area (TPSA) is 67.0 Å². The van der Waals surface area contributed by atoms with E-state index in [1.165, 1.54) is 10.5 Å². The molecular formula is C23H24ClN3O3. The van der Waals surface area contributed by atoms with Gasteiger partial charge in [0.15, 0.2) is 0 Å². The lowest BCUT2D eigenvalue weighted by molar-refractivity contribution is -0.917. The smallest absolute Gasteiger partial charge is 0.267 e. The summed E-state index contributed by atoms with van der Waals surface area (Å²) >= 11 is 0. The monoisotopic (exact) mass is 425 g/mol. The SMILES string of the molecule is O=C(c1c(O)c2cccc3c2n(c1=O)CC3)N1CC[NH+](Cc2ccccc2)CC1.[Cl-]. The van der Waals surface area contributed by atoms with Crippen LogP contribution in [0.5, 0.6) is 5.75 Å². The molecule has 2 aliphatic heterocycles. The van der Waals surface area contributed by atoms with Crippen LogP contribution >= 0.6 is 0 Å². The summed E-state index contributed by atoms with van der Waals surface area (Å²) in [4.78, 5) is 29.3. The number of hydrogen-bond donors (Lipinski definition) is 2. The number of benzene rings is 2. The second-order valence-corrected chi connectivity index (χ2v) is 7.95. The molecule has 1 fully saturated rings. The van der Waals surface area contributed by atoms with Gasteiger partial charge in [-0.3, -0.25) is 9.59 Å². The summed E-state index contributed by atoms with van der Waals surface area (Å²) < 4.78 is 1.65. The number of aryl methyl sites for hydroxylation is 2. The fourth-order valence-corrected chi connectivity index (χ4v) is 4.66. The van der Waals surface area contributed by atoms with Crippen LogP contribution in [0.25, 0.3) is 10.9 Å². The van der Waals surface area contributed by atoms with Crippen molar-refractivity contribution < 1.29 is 27.2 Å². The predicted molar refractivity (Wildman–Crippen MR) is 110 cm³/mol. The third kappa shape index (κ3) is 3.36. The van der Waals surface area contributed by atoms with Crippen molar-refractivity contribution in [2.75, 3.05) is 26.2 Å². The summed E-state index contributed by atoms with van der Waals surface area (Å²) in [6.07, 6.45) is 0.755. The van der Waals surface area contributed by atoms with E-state index in [4.69, 9.17) is 0 Å². The van der Waals surface area contributed by atoms with Gasteiger partial charge in [0.25, 0.3) is 11.5 Å². The van der Waals surface area contributed by atoms with Gasteiger partial charge in [-0.1, -0.05) is 42.5 Å². The van der Waals surface area contributed by atoms with E-state index < -0.39 is 0 Å². The van der Waals surface area contributed by atoms with Crippen LogP contribution in [0.3, 0.4) is 0 Å². The van der Waals surface area contributed by atoms with E-state index in [0.29, 0.717) is 25.0 Å². The Morgan fingerprint density at radius 3 is 2.47 bits per heavy atom. The first-order chi connectivity index (χ1) is 14.1. The number of carbonyl (C=O) groups excluding carboxylic acids is 1. The van der Waals surface area contributed by atoms with Gasteiger partial charge in [0, 0.05) is 17.5 Å². The first kappa shape index (κ1) is 20.4. The van der Waals surface area contributed by atoms with Crippen LogP contribution in [0.2, 0.25) is 0 Å². The van der Waals surface area contributed by atoms with E-state index in [1.54, 1.807) is 15.5 Å². The Labute approximate surface area is 180 Å². The normalized spacial score (nSPS) is 15.9. The van der Waals surface area contributed by atoms with Crippen molar-refractivity contribution in [1.82, 2.24) is 9.47 Å². The molecule has 6 nitrogen and oxygen atoms in total. The number of aromatic hydroxyl groups is 1. The molecule has 7 heteroatoms. The van der Waals surface area contributed by atoms with Crippen molar-refractivity contribution in [2.24, 2.45) is 0 Å². The minimum Gasteiger partial charge on any atom is -1.00 e. The molecule has 2 aliphatic rings. The quantitative estimate of drug-likeness (QED) is 0.501. The zero-order valence-electron chi connectivity index (χ0n) is 16.6. The van der Waals surface area contributed by atoms with Crippen LogP contribution in [0.4, 0.5) is 0 Å². The molecule has 0 unspecified atom stereocenters. The zero-order chi connectivity index (χ0) is 20.0. The molecule has 2 N–H and O–H groups in total. The molecule has 0 radical (unpaired) electrons. The van der Waals surface area contributed by atoms with E-state index in [1.807, 2.05) is 30.3 Å². The summed E-state index contributed by atoms with van der Waals surface area (Å²) in [5, 5.41) is 11.4. The molecular weight excluding hydrogens is 402 g/mol. The molecule has 1 amide bonds. The molecule has 1 saturated heterocycles. The Hall–Kier alpha value is -2.83. The predicted octanol–water partition coefficient (Wildman–Crippen LogP) is -2.19. The van der Waals surface area contributed by atoms with Crippen LogP contribution in [-0.4, -0.2) is 46.7 Å². The Bertz CT molecular complexity index is 1150. The number of nitrogens with zero attached hydrogens (tertiary/aromatic N) is 2. The molecule has 0 saturated carbocycles. The van der Waals surface area contributed by atoms with Crippen molar-refractivity contribution in [1.29, 1.82) is 0 Å². The van der Waals surface area contributed by atoms with Crippen LogP contribution in [0, 0.1) is 0 Å². The van der Waals surface area contributed by atoms with E-state index in [-0.39, 0.29) is 35.2 Å². The van der Waals surface area contributed by atoms with E-state index in [0.717, 1.165) is 37.1 Å². The summed E-state index contributed by atoms with van der Waals surface area (Å²) in [5.41, 5.74) is 2.65. The standard InChI is InChI=1S/C23H23N3O3.ClH/c27-21-18-8-4-7-17-9-10-26(20(17)18)23(29)19(21)22(28)25-13-11-24(12-14-25)15-16-5-2-1-3-6-16;/h1-8,27H,9-15H2;1H. The number of quaternary nitrogens is 1. The van der Waals surface area contributed by atoms with E-state index in [2.05, 4.69) is 12.1 Å². The largest absolute Gasteiger partial charge is 1.00 e. The second-order valence-electron chi connectivity index (χ2n) is 7.95. The van der Waals surface area contributed by atoms with Gasteiger partial charge in [0.05, 0.1) is 31.7 Å². The van der Waals surface area contributed by atoms with Gasteiger partial charge in [0.2, 0.25) is 0 Å². The lowest BCUT2D eigenvalue weighted by atomic mass is 10.1. The van der Waals surface area contributed by atoms with E-state index in [9.17, 15) is 14.7 Å². The van der Waals surface area contributed by atoms with Gasteiger partial charge in [-0.25, -0.2) is 0 Å². The van der Waals surface area contributed by atoms with Gasteiger partial charge in [0.1, 0.15) is 17.9 Å². The van der Waals surface area contributed by atoms with Crippen LogP contribution in [0.1, 0.15) is 21.5 Å². The first-order valence-corrected chi connectivity index (χ1v) is 10.2.